The fourth-order valence-corrected chi connectivity index (χ4v) is 2.18. The van der Waals surface area contributed by atoms with Gasteiger partial charge in [-0.1, -0.05) is 6.07 Å². The Hall–Kier alpha value is -1.49. The first-order chi connectivity index (χ1) is 8.03. The molecule has 1 unspecified atom stereocenters. The Labute approximate surface area is 97.5 Å². The lowest BCUT2D eigenvalue weighted by Crippen LogP contribution is -2.35. The monoisotopic (exact) mass is 241 g/mol. The first kappa shape index (κ1) is 12.0. The van der Waals surface area contributed by atoms with Crippen LogP contribution in [-0.4, -0.2) is 24.2 Å². The molecule has 1 aromatic carbocycles. The second-order valence-electron chi connectivity index (χ2n) is 4.42. The molecule has 1 saturated heterocycles. The summed E-state index contributed by atoms with van der Waals surface area (Å²) in [7, 11) is 0. The maximum Gasteiger partial charge on any atom is 0.311 e. The molecule has 1 fully saturated rings. The highest BCUT2D eigenvalue weighted by Gasteiger charge is 2.41. The van der Waals surface area contributed by atoms with Crippen LogP contribution >= 0.6 is 0 Å². The highest BCUT2D eigenvalue weighted by Crippen LogP contribution is 2.31. The zero-order valence-electron chi connectivity index (χ0n) is 9.17. The number of aliphatic carboxylic acids is 1. The Morgan fingerprint density at radius 3 is 2.76 bits per heavy atom. The second kappa shape index (κ2) is 4.41. The summed E-state index contributed by atoms with van der Waals surface area (Å²) in [6.07, 6.45) is 0.542. The first-order valence-electron chi connectivity index (χ1n) is 5.42. The summed E-state index contributed by atoms with van der Waals surface area (Å²) in [6, 6.07) is 3.25. The van der Waals surface area contributed by atoms with Crippen LogP contribution in [0.25, 0.3) is 0 Å². The minimum Gasteiger partial charge on any atom is -0.481 e. The lowest BCUT2D eigenvalue weighted by atomic mass is 9.81. The third-order valence-corrected chi connectivity index (χ3v) is 3.24. The first-order valence-corrected chi connectivity index (χ1v) is 5.42. The van der Waals surface area contributed by atoms with Gasteiger partial charge in [0.05, 0.1) is 5.41 Å². The van der Waals surface area contributed by atoms with Crippen molar-refractivity contribution in [2.45, 2.75) is 12.8 Å². The van der Waals surface area contributed by atoms with E-state index in [4.69, 9.17) is 0 Å². The molecule has 2 N–H and O–H groups in total. The molecule has 1 atom stereocenters. The van der Waals surface area contributed by atoms with Crippen LogP contribution in [0.1, 0.15) is 12.0 Å². The average molecular weight is 241 g/mol. The van der Waals surface area contributed by atoms with Gasteiger partial charge in [-0.05, 0) is 31.0 Å². The van der Waals surface area contributed by atoms with Crippen molar-refractivity contribution in [3.8, 4) is 0 Å². The number of rotatable bonds is 3. The molecule has 1 heterocycles. The Kier molecular flexibility index (Phi) is 3.11. The smallest absolute Gasteiger partial charge is 0.311 e. The predicted molar refractivity (Wildman–Crippen MR) is 57.6 cm³/mol. The van der Waals surface area contributed by atoms with Crippen molar-refractivity contribution in [3.05, 3.63) is 35.4 Å². The van der Waals surface area contributed by atoms with Crippen LogP contribution in [-0.2, 0) is 11.2 Å². The molecule has 1 aliphatic heterocycles. The number of benzene rings is 1. The fourth-order valence-electron chi connectivity index (χ4n) is 2.18. The normalized spacial score (nSPS) is 23.9. The summed E-state index contributed by atoms with van der Waals surface area (Å²) >= 11 is 0. The summed E-state index contributed by atoms with van der Waals surface area (Å²) in [6.45, 7) is 0.925. The van der Waals surface area contributed by atoms with Gasteiger partial charge in [-0.2, -0.15) is 0 Å². The van der Waals surface area contributed by atoms with Gasteiger partial charge in [0.15, 0.2) is 0 Å². The second-order valence-corrected chi connectivity index (χ2v) is 4.42. The topological polar surface area (TPSA) is 49.3 Å². The van der Waals surface area contributed by atoms with Gasteiger partial charge in [-0.25, -0.2) is 8.78 Å². The highest BCUT2D eigenvalue weighted by atomic mass is 19.1. The average Bonchev–Trinajstić information content (AvgIpc) is 2.72. The molecular weight excluding hydrogens is 228 g/mol. The van der Waals surface area contributed by atoms with Gasteiger partial charge in [0.1, 0.15) is 11.6 Å². The van der Waals surface area contributed by atoms with Crippen LogP contribution in [0.3, 0.4) is 0 Å². The van der Waals surface area contributed by atoms with Gasteiger partial charge >= 0.3 is 5.97 Å². The molecule has 0 amide bonds. The maximum atomic E-state index is 13.5. The van der Waals surface area contributed by atoms with Crippen molar-refractivity contribution in [1.29, 1.82) is 0 Å². The number of carboxylic acids is 1. The highest BCUT2D eigenvalue weighted by molar-refractivity contribution is 5.76. The fraction of sp³-hybridized carbons (Fsp3) is 0.417. The molecule has 0 radical (unpaired) electrons. The van der Waals surface area contributed by atoms with Crippen LogP contribution in [0.4, 0.5) is 8.78 Å². The van der Waals surface area contributed by atoms with E-state index in [0.29, 0.717) is 19.5 Å². The zero-order chi connectivity index (χ0) is 12.5. The van der Waals surface area contributed by atoms with E-state index in [2.05, 4.69) is 5.32 Å². The SMILES string of the molecule is O=C(O)C1(Cc2ccc(F)cc2F)CCNC1. The molecule has 1 aromatic rings. The number of nitrogens with one attached hydrogen (secondary N) is 1. The van der Waals surface area contributed by atoms with Crippen LogP contribution in [0.5, 0.6) is 0 Å². The number of hydrogen-bond donors (Lipinski definition) is 2. The van der Waals surface area contributed by atoms with Gasteiger partial charge < -0.3 is 10.4 Å². The van der Waals surface area contributed by atoms with Crippen molar-refractivity contribution in [3.63, 3.8) is 0 Å². The molecule has 2 rings (SSSR count). The maximum absolute atomic E-state index is 13.5. The molecule has 1 aliphatic rings. The molecule has 0 aromatic heterocycles. The molecule has 0 bridgehead atoms. The number of halogens is 2. The Morgan fingerprint density at radius 1 is 1.47 bits per heavy atom. The van der Waals surface area contributed by atoms with Crippen molar-refractivity contribution >= 4 is 5.97 Å². The van der Waals surface area contributed by atoms with Crippen molar-refractivity contribution in [2.75, 3.05) is 13.1 Å². The Balaban J connectivity index is 2.26. The summed E-state index contributed by atoms with van der Waals surface area (Å²) in [5, 5.41) is 12.2. The third-order valence-electron chi connectivity index (χ3n) is 3.24. The predicted octanol–water partition coefficient (Wildman–Crippen LogP) is 1.57. The van der Waals surface area contributed by atoms with Crippen LogP contribution in [0, 0.1) is 17.0 Å². The molecule has 0 saturated carbocycles. The number of hydrogen-bond acceptors (Lipinski definition) is 2. The van der Waals surface area contributed by atoms with Gasteiger partial charge in [0.2, 0.25) is 0 Å². The van der Waals surface area contributed by atoms with E-state index in [1.54, 1.807) is 0 Å². The molecular formula is C12H13F2NO2. The third kappa shape index (κ3) is 2.29. The van der Waals surface area contributed by atoms with Gasteiger partial charge in [-0.15, -0.1) is 0 Å². The quantitative estimate of drug-likeness (QED) is 0.844. The Bertz CT molecular complexity index is 442. The number of carboxylic acid groups (broad SMARTS) is 1. The van der Waals surface area contributed by atoms with Crippen LogP contribution in [0.2, 0.25) is 0 Å². The number of carbonyl (C=O) groups is 1. The van der Waals surface area contributed by atoms with E-state index in [-0.39, 0.29) is 12.0 Å². The van der Waals surface area contributed by atoms with Crippen molar-refractivity contribution in [2.24, 2.45) is 5.41 Å². The largest absolute Gasteiger partial charge is 0.481 e. The van der Waals surface area contributed by atoms with E-state index in [1.165, 1.54) is 6.07 Å². The standard InChI is InChI=1S/C12H13F2NO2/c13-9-2-1-8(10(14)5-9)6-12(11(16)17)3-4-15-7-12/h1-2,5,15H,3-4,6-7H2,(H,16,17). The van der Waals surface area contributed by atoms with E-state index in [9.17, 15) is 18.7 Å². The molecule has 5 heteroatoms. The van der Waals surface area contributed by atoms with Crippen molar-refractivity contribution < 1.29 is 18.7 Å². The Morgan fingerprint density at radius 2 is 2.24 bits per heavy atom. The minimum atomic E-state index is -0.974. The van der Waals surface area contributed by atoms with Gasteiger partial charge in [0, 0.05) is 12.6 Å². The molecule has 17 heavy (non-hydrogen) atoms. The molecule has 0 aliphatic carbocycles. The summed E-state index contributed by atoms with van der Waals surface area (Å²) in [4.78, 5) is 11.3. The lowest BCUT2D eigenvalue weighted by molar-refractivity contribution is -0.147. The van der Waals surface area contributed by atoms with Crippen LogP contribution < -0.4 is 5.32 Å². The lowest BCUT2D eigenvalue weighted by Gasteiger charge is -2.23. The van der Waals surface area contributed by atoms with E-state index in [1.807, 2.05) is 0 Å². The molecule has 3 nitrogen and oxygen atoms in total. The summed E-state index contributed by atoms with van der Waals surface area (Å²) < 4.78 is 26.2. The van der Waals surface area contributed by atoms with E-state index >= 15 is 0 Å². The van der Waals surface area contributed by atoms with Crippen molar-refractivity contribution in [1.82, 2.24) is 5.32 Å². The molecule has 92 valence electrons. The molecule has 0 spiro atoms. The summed E-state index contributed by atoms with van der Waals surface area (Å²) in [5.74, 6) is -2.27. The van der Waals surface area contributed by atoms with E-state index in [0.717, 1.165) is 12.1 Å². The van der Waals surface area contributed by atoms with Gasteiger partial charge in [-0.3, -0.25) is 4.79 Å². The van der Waals surface area contributed by atoms with Crippen LogP contribution in [0.15, 0.2) is 18.2 Å². The zero-order valence-corrected chi connectivity index (χ0v) is 9.17. The minimum absolute atomic E-state index is 0.0848. The van der Waals surface area contributed by atoms with E-state index < -0.39 is 23.0 Å². The summed E-state index contributed by atoms with van der Waals surface area (Å²) in [5.41, 5.74) is -0.726. The van der Waals surface area contributed by atoms with Gasteiger partial charge in [0.25, 0.3) is 0 Å².